The van der Waals surface area contributed by atoms with Crippen LogP contribution < -0.4 is 5.32 Å². The van der Waals surface area contributed by atoms with Gasteiger partial charge in [0.05, 0.1) is 25.2 Å². The molecule has 3 unspecified atom stereocenters. The Morgan fingerprint density at radius 1 is 0.500 bits per heavy atom. The van der Waals surface area contributed by atoms with Crippen molar-refractivity contribution in [1.82, 2.24) is 5.32 Å². The van der Waals surface area contributed by atoms with Gasteiger partial charge in [-0.05, 0) is 77.0 Å². The first-order valence-corrected chi connectivity index (χ1v) is 24.9. The molecule has 3 N–H and O–H groups in total. The maximum Gasteiger partial charge on any atom is 0.306 e. The van der Waals surface area contributed by atoms with E-state index < -0.39 is 18.2 Å². The summed E-state index contributed by atoms with van der Waals surface area (Å²) in [4.78, 5) is 26.0. The Hall–Kier alpha value is -2.18. The van der Waals surface area contributed by atoms with E-state index in [2.05, 4.69) is 68.6 Å². The van der Waals surface area contributed by atoms with E-state index in [0.29, 0.717) is 19.3 Å². The normalized spacial score (nSPS) is 13.7. The first-order valence-electron chi connectivity index (χ1n) is 24.9. The number of carbonyl (C=O) groups is 2. The molecule has 0 aliphatic rings. The Bertz CT molecular complexity index is 1000. The summed E-state index contributed by atoms with van der Waals surface area (Å²) in [6.07, 6.45) is 54.6. The van der Waals surface area contributed by atoms with Gasteiger partial charge < -0.3 is 20.3 Å². The van der Waals surface area contributed by atoms with Crippen molar-refractivity contribution in [3.8, 4) is 0 Å². The monoisotopic (exact) mass is 814 g/mol. The summed E-state index contributed by atoms with van der Waals surface area (Å²) in [6.45, 7) is 6.42. The molecular formula is C52H95NO5. The van der Waals surface area contributed by atoms with E-state index in [4.69, 9.17) is 4.74 Å². The first kappa shape index (κ1) is 55.8. The van der Waals surface area contributed by atoms with Crippen LogP contribution in [0.15, 0.2) is 48.6 Å². The summed E-state index contributed by atoms with van der Waals surface area (Å²) in [6, 6.07) is -0.715. The van der Waals surface area contributed by atoms with Crippen molar-refractivity contribution in [1.29, 1.82) is 0 Å². The Balaban J connectivity index is 4.69. The molecule has 0 aromatic carbocycles. The first-order chi connectivity index (χ1) is 28.5. The average Bonchev–Trinajstić information content (AvgIpc) is 3.22. The van der Waals surface area contributed by atoms with Gasteiger partial charge in [-0.15, -0.1) is 0 Å². The zero-order valence-electron chi connectivity index (χ0n) is 38.4. The van der Waals surface area contributed by atoms with Gasteiger partial charge >= 0.3 is 5.97 Å². The maximum absolute atomic E-state index is 13.2. The molecule has 0 saturated carbocycles. The molecule has 0 spiro atoms. The molecule has 0 saturated heterocycles. The molecule has 0 fully saturated rings. The highest BCUT2D eigenvalue weighted by Crippen LogP contribution is 2.17. The van der Waals surface area contributed by atoms with Crippen molar-refractivity contribution >= 4 is 11.9 Å². The molecule has 0 rings (SSSR count). The summed E-state index contributed by atoms with van der Waals surface area (Å²) < 4.78 is 5.88. The molecule has 6 nitrogen and oxygen atoms in total. The number of hydrogen-bond acceptors (Lipinski definition) is 5. The Labute approximate surface area is 359 Å². The molecule has 0 radical (unpaired) electrons. The molecule has 58 heavy (non-hydrogen) atoms. The summed E-state index contributed by atoms with van der Waals surface area (Å²) in [5, 5.41) is 23.7. The summed E-state index contributed by atoms with van der Waals surface area (Å²) in [5.74, 6) is -0.566. The molecule has 6 heteroatoms. The highest BCUT2D eigenvalue weighted by atomic mass is 16.5. The number of aliphatic hydroxyl groups is 2. The lowest BCUT2D eigenvalue weighted by Crippen LogP contribution is -2.46. The molecule has 0 aromatic heterocycles. The van der Waals surface area contributed by atoms with Crippen LogP contribution in [0.5, 0.6) is 0 Å². The highest BCUT2D eigenvalue weighted by Gasteiger charge is 2.24. The number of carbonyl (C=O) groups excluding carboxylic acids is 2. The van der Waals surface area contributed by atoms with Crippen molar-refractivity contribution in [2.75, 3.05) is 6.61 Å². The fraction of sp³-hybridized carbons (Fsp3) is 0.808. The number of hydrogen-bond donors (Lipinski definition) is 3. The summed E-state index contributed by atoms with van der Waals surface area (Å²) in [7, 11) is 0. The van der Waals surface area contributed by atoms with Crippen molar-refractivity contribution in [2.45, 2.75) is 264 Å². The second-order valence-corrected chi connectivity index (χ2v) is 16.9. The lowest BCUT2D eigenvalue weighted by atomic mass is 10.0. The smallest absolute Gasteiger partial charge is 0.306 e. The third-order valence-electron chi connectivity index (χ3n) is 11.1. The molecule has 1 amide bonds. The molecule has 0 aromatic rings. The van der Waals surface area contributed by atoms with Gasteiger partial charge in [0.15, 0.2) is 0 Å². The lowest BCUT2D eigenvalue weighted by molar-refractivity contribution is -0.150. The molecule has 0 aliphatic heterocycles. The van der Waals surface area contributed by atoms with E-state index in [0.717, 1.165) is 70.6 Å². The topological polar surface area (TPSA) is 95.9 Å². The van der Waals surface area contributed by atoms with Gasteiger partial charge in [0.2, 0.25) is 5.91 Å². The van der Waals surface area contributed by atoms with Crippen LogP contribution in [0.3, 0.4) is 0 Å². The SMILES string of the molecule is CCCCC/C=C\C/C=C\CCCCCCCC(CC(=O)NC(CO)C(O)CCCCCCCCCCCCC)OC(=O)CC/C=C/C/C=C\CCCCCCCC. The van der Waals surface area contributed by atoms with Crippen LogP contribution in [0.25, 0.3) is 0 Å². The second kappa shape index (κ2) is 45.9. The number of allylic oxidation sites excluding steroid dienone is 8. The average molecular weight is 814 g/mol. The summed E-state index contributed by atoms with van der Waals surface area (Å²) in [5.41, 5.74) is 0. The maximum atomic E-state index is 13.2. The fourth-order valence-corrected chi connectivity index (χ4v) is 7.34. The molecule has 0 heterocycles. The number of ether oxygens (including phenoxy) is 1. The van der Waals surface area contributed by atoms with E-state index >= 15 is 0 Å². The third kappa shape index (κ3) is 40.6. The van der Waals surface area contributed by atoms with Crippen molar-refractivity contribution in [2.24, 2.45) is 0 Å². The predicted octanol–water partition coefficient (Wildman–Crippen LogP) is 14.7. The van der Waals surface area contributed by atoms with Crippen LogP contribution in [0, 0.1) is 0 Å². The van der Waals surface area contributed by atoms with Gasteiger partial charge in [-0.1, -0.05) is 204 Å². The van der Waals surface area contributed by atoms with Crippen molar-refractivity contribution in [3.63, 3.8) is 0 Å². The predicted molar refractivity (Wildman–Crippen MR) is 250 cm³/mol. The standard InChI is InChI=1S/C52H95NO5/c1-4-7-10-13-16-19-22-24-25-27-29-31-34-37-40-43-48(58-52(57)45-42-39-36-33-30-26-23-20-17-14-11-8-5-2)46-51(56)53-49(47-54)50(55)44-41-38-35-32-28-21-18-15-12-9-6-3/h16,19,24-26,30,36,39,48-50,54-55H,4-15,17-18,20-23,27-29,31-35,37-38,40-47H2,1-3H3,(H,53,56)/b19-16-,25-24-,30-26-,39-36+. The summed E-state index contributed by atoms with van der Waals surface area (Å²) >= 11 is 0. The van der Waals surface area contributed by atoms with Gasteiger partial charge in [-0.25, -0.2) is 0 Å². The number of rotatable bonds is 44. The number of unbranched alkanes of at least 4 members (excludes halogenated alkanes) is 24. The van der Waals surface area contributed by atoms with E-state index in [1.54, 1.807) is 0 Å². The van der Waals surface area contributed by atoms with Crippen molar-refractivity contribution in [3.05, 3.63) is 48.6 Å². The van der Waals surface area contributed by atoms with Crippen LogP contribution >= 0.6 is 0 Å². The van der Waals surface area contributed by atoms with Crippen LogP contribution in [-0.4, -0.2) is 46.9 Å². The zero-order chi connectivity index (χ0) is 42.4. The lowest BCUT2D eigenvalue weighted by Gasteiger charge is -2.24. The van der Waals surface area contributed by atoms with Crippen molar-refractivity contribution < 1.29 is 24.5 Å². The van der Waals surface area contributed by atoms with E-state index in [9.17, 15) is 19.8 Å². The van der Waals surface area contributed by atoms with Crippen LogP contribution in [0.1, 0.15) is 245 Å². The van der Waals surface area contributed by atoms with Crippen LogP contribution in [-0.2, 0) is 14.3 Å². The zero-order valence-corrected chi connectivity index (χ0v) is 38.4. The Morgan fingerprint density at radius 3 is 1.34 bits per heavy atom. The largest absolute Gasteiger partial charge is 0.462 e. The van der Waals surface area contributed by atoms with E-state index in [1.165, 1.54) is 122 Å². The Kier molecular flexibility index (Phi) is 44.2. The Morgan fingerprint density at radius 2 is 0.879 bits per heavy atom. The number of amides is 1. The van der Waals surface area contributed by atoms with Gasteiger partial charge in [0.1, 0.15) is 6.10 Å². The fourth-order valence-electron chi connectivity index (χ4n) is 7.34. The van der Waals surface area contributed by atoms with Gasteiger partial charge in [-0.2, -0.15) is 0 Å². The second-order valence-electron chi connectivity index (χ2n) is 16.9. The van der Waals surface area contributed by atoms with Gasteiger partial charge in [-0.3, -0.25) is 9.59 Å². The molecule has 0 aliphatic carbocycles. The quantitative estimate of drug-likeness (QED) is 0.0323. The molecule has 3 atom stereocenters. The molecule has 338 valence electrons. The van der Waals surface area contributed by atoms with Crippen LogP contribution in [0.2, 0.25) is 0 Å². The minimum absolute atomic E-state index is 0.0461. The molecular weight excluding hydrogens is 719 g/mol. The molecule has 0 bridgehead atoms. The number of esters is 1. The number of nitrogens with one attached hydrogen (secondary N) is 1. The van der Waals surface area contributed by atoms with Crippen LogP contribution in [0.4, 0.5) is 0 Å². The van der Waals surface area contributed by atoms with E-state index in [1.807, 2.05) is 6.08 Å². The number of aliphatic hydroxyl groups excluding tert-OH is 2. The van der Waals surface area contributed by atoms with E-state index in [-0.39, 0.29) is 31.3 Å². The highest BCUT2D eigenvalue weighted by molar-refractivity contribution is 5.77. The minimum atomic E-state index is -0.799. The third-order valence-corrected chi connectivity index (χ3v) is 11.1. The van der Waals surface area contributed by atoms with Gasteiger partial charge in [0.25, 0.3) is 0 Å². The minimum Gasteiger partial charge on any atom is -0.462 e. The van der Waals surface area contributed by atoms with Gasteiger partial charge in [0, 0.05) is 6.42 Å².